The molecule has 2 aromatic carbocycles. The van der Waals surface area contributed by atoms with E-state index in [0.717, 1.165) is 17.8 Å². The van der Waals surface area contributed by atoms with Crippen molar-refractivity contribution in [2.24, 2.45) is 0 Å². The molecule has 0 unspecified atom stereocenters. The molecular weight excluding hydrogens is 236 g/mol. The van der Waals surface area contributed by atoms with Crippen molar-refractivity contribution in [2.45, 2.75) is 19.3 Å². The number of hydrogen-bond donors (Lipinski definition) is 0. The van der Waals surface area contributed by atoms with Gasteiger partial charge in [0.05, 0.1) is 7.11 Å². The summed E-state index contributed by atoms with van der Waals surface area (Å²) in [5, 5.41) is 2.44. The number of fused-ring (bicyclic) bond motifs is 1. The number of methoxy groups -OCH3 is 1. The average molecular weight is 252 g/mol. The molecule has 2 nitrogen and oxygen atoms in total. The number of carbonyl (C=O) groups is 1. The molecule has 0 fully saturated rings. The number of carbonyl (C=O) groups excluding carboxylic acids is 1. The Morgan fingerprint density at radius 3 is 2.63 bits per heavy atom. The fourth-order valence-corrected chi connectivity index (χ4v) is 2.66. The molecule has 0 aliphatic heterocycles. The molecule has 0 saturated heterocycles. The summed E-state index contributed by atoms with van der Waals surface area (Å²) in [6.45, 7) is 0. The first-order valence-corrected chi connectivity index (χ1v) is 6.55. The summed E-state index contributed by atoms with van der Waals surface area (Å²) in [5.41, 5.74) is 2.01. The second kappa shape index (κ2) is 4.88. The maximum atomic E-state index is 11.9. The van der Waals surface area contributed by atoms with E-state index in [9.17, 15) is 4.79 Å². The number of rotatable bonds is 3. The van der Waals surface area contributed by atoms with Crippen molar-refractivity contribution in [3.05, 3.63) is 59.4 Å². The lowest BCUT2D eigenvalue weighted by atomic mass is 10.0. The molecule has 0 aromatic heterocycles. The van der Waals surface area contributed by atoms with Crippen LogP contribution in [0.1, 0.15) is 18.4 Å². The van der Waals surface area contributed by atoms with Crippen LogP contribution in [0.25, 0.3) is 10.8 Å². The van der Waals surface area contributed by atoms with E-state index in [4.69, 9.17) is 4.74 Å². The largest absolute Gasteiger partial charge is 0.501 e. The van der Waals surface area contributed by atoms with Crippen LogP contribution in [0.15, 0.2) is 53.8 Å². The molecular formula is C17H16O2. The van der Waals surface area contributed by atoms with Crippen LogP contribution in [0.4, 0.5) is 0 Å². The molecule has 2 aromatic rings. The molecule has 0 saturated carbocycles. The first-order chi connectivity index (χ1) is 9.28. The Bertz CT molecular complexity index is 668. The van der Waals surface area contributed by atoms with Crippen LogP contribution in [0.3, 0.4) is 0 Å². The molecule has 0 heterocycles. The molecule has 0 radical (unpaired) electrons. The Labute approximate surface area is 112 Å². The van der Waals surface area contributed by atoms with Crippen molar-refractivity contribution >= 4 is 16.6 Å². The third kappa shape index (κ3) is 2.26. The lowest BCUT2D eigenvalue weighted by Crippen LogP contribution is -2.01. The van der Waals surface area contributed by atoms with Crippen LogP contribution >= 0.6 is 0 Å². The van der Waals surface area contributed by atoms with Crippen molar-refractivity contribution in [3.63, 3.8) is 0 Å². The van der Waals surface area contributed by atoms with Gasteiger partial charge in [0.25, 0.3) is 0 Å². The molecule has 2 heteroatoms. The zero-order valence-corrected chi connectivity index (χ0v) is 11.0. The van der Waals surface area contributed by atoms with E-state index in [0.29, 0.717) is 12.8 Å². The van der Waals surface area contributed by atoms with Gasteiger partial charge in [-0.05, 0) is 16.3 Å². The summed E-state index contributed by atoms with van der Waals surface area (Å²) in [6, 6.07) is 14.6. The van der Waals surface area contributed by atoms with Gasteiger partial charge in [0.15, 0.2) is 5.78 Å². The maximum absolute atomic E-state index is 11.9. The third-order valence-electron chi connectivity index (χ3n) is 3.69. The maximum Gasteiger partial charge on any atom is 0.162 e. The fraction of sp³-hybridized carbons (Fsp3) is 0.235. The van der Waals surface area contributed by atoms with E-state index in [1.54, 1.807) is 7.11 Å². The van der Waals surface area contributed by atoms with Crippen molar-refractivity contribution in [1.29, 1.82) is 0 Å². The molecule has 96 valence electrons. The average Bonchev–Trinajstić information content (AvgIpc) is 2.79. The van der Waals surface area contributed by atoms with Crippen LogP contribution < -0.4 is 0 Å². The Balaban J connectivity index is 1.95. The minimum absolute atomic E-state index is 0.227. The Hall–Kier alpha value is -2.09. The standard InChI is InChI=1S/C17H16O2/c1-19-17-9-8-16(18)15(17)11-12-6-7-13-4-2-3-5-14(13)10-12/h2-7,10H,8-9,11H2,1H3. The Kier molecular flexibility index (Phi) is 3.08. The van der Waals surface area contributed by atoms with Crippen molar-refractivity contribution in [1.82, 2.24) is 0 Å². The molecule has 0 bridgehead atoms. The highest BCUT2D eigenvalue weighted by Crippen LogP contribution is 2.27. The van der Waals surface area contributed by atoms with Crippen LogP contribution in [0, 0.1) is 0 Å². The highest BCUT2D eigenvalue weighted by Gasteiger charge is 2.23. The van der Waals surface area contributed by atoms with Gasteiger partial charge in [-0.3, -0.25) is 4.79 Å². The van der Waals surface area contributed by atoms with Crippen molar-refractivity contribution in [3.8, 4) is 0 Å². The van der Waals surface area contributed by atoms with E-state index in [2.05, 4.69) is 30.3 Å². The van der Waals surface area contributed by atoms with Gasteiger partial charge in [-0.15, -0.1) is 0 Å². The van der Waals surface area contributed by atoms with E-state index in [1.165, 1.54) is 16.3 Å². The van der Waals surface area contributed by atoms with Crippen LogP contribution in [0.2, 0.25) is 0 Å². The minimum atomic E-state index is 0.227. The summed E-state index contributed by atoms with van der Waals surface area (Å²) in [7, 11) is 1.65. The second-order valence-corrected chi connectivity index (χ2v) is 4.89. The minimum Gasteiger partial charge on any atom is -0.501 e. The molecule has 3 rings (SSSR count). The van der Waals surface area contributed by atoms with Gasteiger partial charge < -0.3 is 4.74 Å². The normalized spacial score (nSPS) is 15.3. The third-order valence-corrected chi connectivity index (χ3v) is 3.69. The van der Waals surface area contributed by atoms with E-state index < -0.39 is 0 Å². The SMILES string of the molecule is COC1=C(Cc2ccc3ccccc3c2)C(=O)CC1. The molecule has 19 heavy (non-hydrogen) atoms. The molecule has 1 aliphatic carbocycles. The van der Waals surface area contributed by atoms with Crippen LogP contribution in [-0.2, 0) is 16.0 Å². The van der Waals surface area contributed by atoms with E-state index in [-0.39, 0.29) is 5.78 Å². The van der Waals surface area contributed by atoms with Gasteiger partial charge in [0.1, 0.15) is 5.76 Å². The van der Waals surface area contributed by atoms with Crippen molar-refractivity contribution in [2.75, 3.05) is 7.11 Å². The first-order valence-electron chi connectivity index (χ1n) is 6.55. The van der Waals surface area contributed by atoms with E-state index in [1.807, 2.05) is 12.1 Å². The molecule has 1 aliphatic rings. The van der Waals surface area contributed by atoms with Gasteiger partial charge in [-0.1, -0.05) is 42.5 Å². The summed E-state index contributed by atoms with van der Waals surface area (Å²) in [4.78, 5) is 11.9. The predicted molar refractivity (Wildman–Crippen MR) is 75.9 cm³/mol. The Morgan fingerprint density at radius 2 is 1.84 bits per heavy atom. The number of Topliss-reactive ketones (excluding diaryl/α,β-unsaturated/α-hetero) is 1. The van der Waals surface area contributed by atoms with Gasteiger partial charge in [-0.25, -0.2) is 0 Å². The molecule has 0 N–H and O–H groups in total. The Morgan fingerprint density at radius 1 is 1.05 bits per heavy atom. The zero-order valence-electron chi connectivity index (χ0n) is 11.0. The summed E-state index contributed by atoms with van der Waals surface area (Å²) in [5.74, 6) is 1.09. The monoisotopic (exact) mass is 252 g/mol. The van der Waals surface area contributed by atoms with Gasteiger partial charge >= 0.3 is 0 Å². The van der Waals surface area contributed by atoms with Gasteiger partial charge in [0, 0.05) is 24.8 Å². The quantitative estimate of drug-likeness (QED) is 0.833. The van der Waals surface area contributed by atoms with E-state index >= 15 is 0 Å². The summed E-state index contributed by atoms with van der Waals surface area (Å²) in [6.07, 6.45) is 2.01. The second-order valence-electron chi connectivity index (χ2n) is 4.89. The highest BCUT2D eigenvalue weighted by molar-refractivity contribution is 5.98. The molecule has 0 spiro atoms. The number of hydrogen-bond acceptors (Lipinski definition) is 2. The summed E-state index contributed by atoms with van der Waals surface area (Å²) >= 11 is 0. The number of allylic oxidation sites excluding steroid dienone is 2. The van der Waals surface area contributed by atoms with Gasteiger partial charge in [0.2, 0.25) is 0 Å². The summed E-state index contributed by atoms with van der Waals surface area (Å²) < 4.78 is 5.31. The fourth-order valence-electron chi connectivity index (χ4n) is 2.66. The highest BCUT2D eigenvalue weighted by atomic mass is 16.5. The van der Waals surface area contributed by atoms with Crippen LogP contribution in [-0.4, -0.2) is 12.9 Å². The number of ether oxygens (including phenoxy) is 1. The predicted octanol–water partition coefficient (Wildman–Crippen LogP) is 3.65. The first kappa shape index (κ1) is 12.0. The lowest BCUT2D eigenvalue weighted by molar-refractivity contribution is -0.115. The number of ketones is 1. The number of benzene rings is 2. The smallest absolute Gasteiger partial charge is 0.162 e. The van der Waals surface area contributed by atoms with Gasteiger partial charge in [-0.2, -0.15) is 0 Å². The lowest BCUT2D eigenvalue weighted by Gasteiger charge is -2.06. The molecule has 0 atom stereocenters. The van der Waals surface area contributed by atoms with Crippen molar-refractivity contribution < 1.29 is 9.53 Å². The molecule has 0 amide bonds. The zero-order chi connectivity index (χ0) is 13.2. The van der Waals surface area contributed by atoms with Crippen LogP contribution in [0.5, 0.6) is 0 Å². The topological polar surface area (TPSA) is 26.3 Å².